The SMILES string of the molecule is CC(C)(C)[C@H](c1nc(-c2ccccc2)cn1Cc1ccccc1)N(Cc1n[nH]c2ccc(Oc3cccnc3)cc12)C(=O)c1ccccc1. The van der Waals surface area contributed by atoms with Crippen molar-refractivity contribution in [3.8, 4) is 22.8 Å². The molecule has 0 aliphatic heterocycles. The second kappa shape index (κ2) is 13.6. The summed E-state index contributed by atoms with van der Waals surface area (Å²) >= 11 is 0. The molecule has 0 unspecified atom stereocenters. The lowest BCUT2D eigenvalue weighted by molar-refractivity contribution is 0.0453. The van der Waals surface area contributed by atoms with E-state index >= 15 is 0 Å². The van der Waals surface area contributed by atoms with Crippen LogP contribution in [0.5, 0.6) is 11.5 Å². The average Bonchev–Trinajstić information content (AvgIpc) is 3.72. The molecule has 0 fully saturated rings. The summed E-state index contributed by atoms with van der Waals surface area (Å²) in [6, 6.07) is 39.0. The summed E-state index contributed by atoms with van der Waals surface area (Å²) in [4.78, 5) is 26.1. The van der Waals surface area contributed by atoms with Gasteiger partial charge in [-0.1, -0.05) is 99.6 Å². The van der Waals surface area contributed by atoms with Gasteiger partial charge in [-0.25, -0.2) is 4.98 Å². The molecule has 7 rings (SSSR count). The number of amides is 1. The Morgan fingerprint density at radius 3 is 2.27 bits per heavy atom. The van der Waals surface area contributed by atoms with Crippen LogP contribution >= 0.6 is 0 Å². The molecule has 0 saturated heterocycles. The van der Waals surface area contributed by atoms with Crippen LogP contribution in [0.25, 0.3) is 22.2 Å². The molecule has 8 nitrogen and oxygen atoms in total. The summed E-state index contributed by atoms with van der Waals surface area (Å²) in [6.45, 7) is 7.33. The van der Waals surface area contributed by atoms with Crippen LogP contribution in [0.3, 0.4) is 0 Å². The fourth-order valence-corrected chi connectivity index (χ4v) is 6.26. The first kappa shape index (κ1) is 31.6. The molecule has 0 spiro atoms. The first-order chi connectivity index (χ1) is 23.8. The van der Waals surface area contributed by atoms with E-state index in [1.54, 1.807) is 12.4 Å². The second-order valence-corrected chi connectivity index (χ2v) is 13.2. The number of carbonyl (C=O) groups excluding carboxylic acids is 1. The number of pyridine rings is 1. The topological polar surface area (TPSA) is 88.9 Å². The van der Waals surface area contributed by atoms with Gasteiger partial charge in [0.05, 0.1) is 35.7 Å². The number of H-pyrrole nitrogens is 1. The quantitative estimate of drug-likeness (QED) is 0.160. The maximum atomic E-state index is 14.7. The molecule has 0 bridgehead atoms. The summed E-state index contributed by atoms with van der Waals surface area (Å²) in [5.41, 5.74) is 4.78. The minimum Gasteiger partial charge on any atom is -0.456 e. The summed E-state index contributed by atoms with van der Waals surface area (Å²) in [5, 5.41) is 8.79. The fourth-order valence-electron chi connectivity index (χ4n) is 6.26. The van der Waals surface area contributed by atoms with E-state index in [1.807, 2.05) is 102 Å². The lowest BCUT2D eigenvalue weighted by Gasteiger charge is -2.40. The molecule has 0 aliphatic rings. The van der Waals surface area contributed by atoms with E-state index in [2.05, 4.69) is 65.9 Å². The molecule has 244 valence electrons. The Labute approximate surface area is 286 Å². The monoisotopic (exact) mass is 646 g/mol. The molecular formula is C41H38N6O2. The molecule has 1 atom stereocenters. The molecule has 0 radical (unpaired) electrons. The molecule has 1 amide bonds. The number of hydrogen-bond donors (Lipinski definition) is 1. The third-order valence-electron chi connectivity index (χ3n) is 8.53. The van der Waals surface area contributed by atoms with Crippen molar-refractivity contribution in [2.24, 2.45) is 5.41 Å². The van der Waals surface area contributed by atoms with Gasteiger partial charge in [0.25, 0.3) is 5.91 Å². The molecule has 3 aromatic heterocycles. The van der Waals surface area contributed by atoms with E-state index in [4.69, 9.17) is 14.8 Å². The molecule has 0 saturated carbocycles. The molecule has 1 N–H and O–H groups in total. The highest BCUT2D eigenvalue weighted by Crippen LogP contribution is 2.41. The van der Waals surface area contributed by atoms with Gasteiger partial charge < -0.3 is 14.2 Å². The normalized spacial score (nSPS) is 12.1. The van der Waals surface area contributed by atoms with Crippen LogP contribution in [0.4, 0.5) is 0 Å². The van der Waals surface area contributed by atoms with Gasteiger partial charge in [-0.15, -0.1) is 0 Å². The Kier molecular flexibility index (Phi) is 8.77. The summed E-state index contributed by atoms with van der Waals surface area (Å²) in [6.07, 6.45) is 5.49. The lowest BCUT2D eigenvalue weighted by atomic mass is 9.84. The molecule has 7 aromatic rings. The maximum absolute atomic E-state index is 14.7. The number of nitrogens with zero attached hydrogens (tertiary/aromatic N) is 5. The zero-order valence-electron chi connectivity index (χ0n) is 27.8. The number of aromatic amines is 1. The minimum absolute atomic E-state index is 0.102. The van der Waals surface area contributed by atoms with Crippen molar-refractivity contribution in [3.63, 3.8) is 0 Å². The number of benzene rings is 4. The van der Waals surface area contributed by atoms with Crippen molar-refractivity contribution >= 4 is 16.8 Å². The van der Waals surface area contributed by atoms with Gasteiger partial charge in [0.1, 0.15) is 17.3 Å². The number of nitrogens with one attached hydrogen (secondary N) is 1. The number of ether oxygens (including phenoxy) is 1. The number of hydrogen-bond acceptors (Lipinski definition) is 5. The highest BCUT2D eigenvalue weighted by molar-refractivity contribution is 5.95. The van der Waals surface area contributed by atoms with E-state index in [-0.39, 0.29) is 12.5 Å². The smallest absolute Gasteiger partial charge is 0.254 e. The lowest BCUT2D eigenvalue weighted by Crippen LogP contribution is -2.42. The maximum Gasteiger partial charge on any atom is 0.254 e. The van der Waals surface area contributed by atoms with Gasteiger partial charge in [0.2, 0.25) is 0 Å². The first-order valence-corrected chi connectivity index (χ1v) is 16.4. The molecule has 4 aromatic carbocycles. The number of rotatable bonds is 10. The Balaban J connectivity index is 1.36. The van der Waals surface area contributed by atoms with Gasteiger partial charge >= 0.3 is 0 Å². The van der Waals surface area contributed by atoms with E-state index in [1.165, 1.54) is 0 Å². The van der Waals surface area contributed by atoms with E-state index in [0.717, 1.165) is 39.2 Å². The number of imidazole rings is 1. The van der Waals surface area contributed by atoms with Crippen molar-refractivity contribution in [1.29, 1.82) is 0 Å². The van der Waals surface area contributed by atoms with Crippen LogP contribution in [-0.2, 0) is 13.1 Å². The fraction of sp³-hybridized carbons (Fsp3) is 0.171. The largest absolute Gasteiger partial charge is 0.456 e. The summed E-state index contributed by atoms with van der Waals surface area (Å²) in [5.74, 6) is 2.00. The molecule has 3 heterocycles. The van der Waals surface area contributed by atoms with Crippen molar-refractivity contribution in [1.82, 2.24) is 29.6 Å². The number of fused-ring (bicyclic) bond motifs is 1. The summed E-state index contributed by atoms with van der Waals surface area (Å²) < 4.78 is 8.32. The van der Waals surface area contributed by atoms with Gasteiger partial charge in [-0.2, -0.15) is 5.10 Å². The summed E-state index contributed by atoms with van der Waals surface area (Å²) in [7, 11) is 0. The third kappa shape index (κ3) is 6.99. The van der Waals surface area contributed by atoms with Gasteiger partial charge in [-0.05, 0) is 53.4 Å². The van der Waals surface area contributed by atoms with Crippen molar-refractivity contribution in [2.75, 3.05) is 0 Å². The number of carbonyl (C=O) groups is 1. The third-order valence-corrected chi connectivity index (χ3v) is 8.53. The predicted molar refractivity (Wildman–Crippen MR) is 192 cm³/mol. The Hall–Kier alpha value is -6.02. The Bertz CT molecular complexity index is 2150. The standard InChI is InChI=1S/C41H38N6O2/c1-41(2,3)38(39-43-36(30-16-9-5-10-17-30)27-46(39)26-29-14-7-4-8-15-29)47(40(48)31-18-11-6-12-19-31)28-37-34-24-32(21-22-35(34)44-45-37)49-33-20-13-23-42-25-33/h4-25,27,38H,26,28H2,1-3H3,(H,44,45)/t38-/m0/s1. The molecule has 49 heavy (non-hydrogen) atoms. The van der Waals surface area contributed by atoms with Crippen LogP contribution in [0, 0.1) is 5.41 Å². The van der Waals surface area contributed by atoms with Crippen LogP contribution in [-0.4, -0.2) is 35.5 Å². The minimum atomic E-state index is -0.428. The number of aromatic nitrogens is 5. The van der Waals surface area contributed by atoms with E-state index in [0.29, 0.717) is 23.6 Å². The van der Waals surface area contributed by atoms with Gasteiger partial charge in [0, 0.05) is 35.5 Å². The zero-order valence-corrected chi connectivity index (χ0v) is 27.8. The first-order valence-electron chi connectivity index (χ1n) is 16.4. The van der Waals surface area contributed by atoms with Gasteiger partial charge in [0.15, 0.2) is 0 Å². The highest BCUT2D eigenvalue weighted by atomic mass is 16.5. The van der Waals surface area contributed by atoms with Crippen LogP contribution in [0.1, 0.15) is 54.3 Å². The van der Waals surface area contributed by atoms with Crippen molar-refractivity contribution in [3.05, 3.63) is 163 Å². The van der Waals surface area contributed by atoms with Crippen LogP contribution in [0.2, 0.25) is 0 Å². The zero-order chi connectivity index (χ0) is 33.8. The van der Waals surface area contributed by atoms with Crippen LogP contribution < -0.4 is 4.74 Å². The Morgan fingerprint density at radius 1 is 0.857 bits per heavy atom. The molecule has 0 aliphatic carbocycles. The van der Waals surface area contributed by atoms with E-state index in [9.17, 15) is 4.79 Å². The highest BCUT2D eigenvalue weighted by Gasteiger charge is 2.39. The second-order valence-electron chi connectivity index (χ2n) is 13.2. The average molecular weight is 647 g/mol. The predicted octanol–water partition coefficient (Wildman–Crippen LogP) is 9.09. The van der Waals surface area contributed by atoms with Crippen molar-refractivity contribution < 1.29 is 9.53 Å². The van der Waals surface area contributed by atoms with E-state index < -0.39 is 11.5 Å². The Morgan fingerprint density at radius 2 is 1.57 bits per heavy atom. The molecular weight excluding hydrogens is 608 g/mol. The van der Waals surface area contributed by atoms with Gasteiger partial charge in [-0.3, -0.25) is 14.9 Å². The molecule has 8 heteroatoms. The van der Waals surface area contributed by atoms with Crippen molar-refractivity contribution in [2.45, 2.75) is 39.9 Å². The van der Waals surface area contributed by atoms with Crippen LogP contribution in [0.15, 0.2) is 140 Å².